The zero-order valence-corrected chi connectivity index (χ0v) is 14.1. The number of furan rings is 1. The van der Waals surface area contributed by atoms with Gasteiger partial charge in [-0.15, -0.1) is 0 Å². The Labute approximate surface area is 139 Å². The first-order chi connectivity index (χ1) is 11.5. The Morgan fingerprint density at radius 3 is 2.67 bits per heavy atom. The molecule has 24 heavy (non-hydrogen) atoms. The van der Waals surface area contributed by atoms with Gasteiger partial charge in [-0.25, -0.2) is 0 Å². The Kier molecular flexibility index (Phi) is 4.25. The van der Waals surface area contributed by atoms with Crippen LogP contribution in [0.25, 0.3) is 10.9 Å². The van der Waals surface area contributed by atoms with Crippen molar-refractivity contribution in [3.05, 3.63) is 69.4 Å². The third-order valence-corrected chi connectivity index (χ3v) is 4.09. The van der Waals surface area contributed by atoms with E-state index in [1.165, 1.54) is 4.57 Å². The monoisotopic (exact) mass is 324 g/mol. The zero-order valence-electron chi connectivity index (χ0n) is 14.1. The second kappa shape index (κ2) is 6.35. The van der Waals surface area contributed by atoms with Crippen LogP contribution in [0.5, 0.6) is 0 Å². The zero-order chi connectivity index (χ0) is 17.3. The molecule has 0 fully saturated rings. The summed E-state index contributed by atoms with van der Waals surface area (Å²) in [6.45, 7) is 6.20. The number of amides is 1. The highest BCUT2D eigenvalue weighted by Crippen LogP contribution is 2.22. The topological polar surface area (TPSA) is 64.2 Å². The Morgan fingerprint density at radius 1 is 1.17 bits per heavy atom. The molecule has 2 aromatic heterocycles. The van der Waals surface area contributed by atoms with E-state index in [1.807, 2.05) is 32.9 Å². The van der Waals surface area contributed by atoms with E-state index in [1.54, 1.807) is 24.5 Å². The average molecular weight is 324 g/mol. The largest absolute Gasteiger partial charge is 0.467 e. The fraction of sp³-hybridized carbons (Fsp3) is 0.263. The van der Waals surface area contributed by atoms with Crippen LogP contribution in [0, 0.1) is 20.8 Å². The summed E-state index contributed by atoms with van der Waals surface area (Å²) < 4.78 is 6.73. The molecule has 1 N–H and O–H groups in total. The van der Waals surface area contributed by atoms with Gasteiger partial charge in [0.05, 0.1) is 18.3 Å². The third-order valence-electron chi connectivity index (χ3n) is 4.09. The SMILES string of the molecule is Cc1cc(C)c2c(c1)c(C)cc(=O)n2CC(=O)NCc1ccco1. The Bertz CT molecular complexity index is 953. The molecule has 5 heteroatoms. The fourth-order valence-corrected chi connectivity index (χ4v) is 3.03. The van der Waals surface area contributed by atoms with Crippen molar-refractivity contribution in [1.29, 1.82) is 0 Å². The number of rotatable bonds is 4. The molecule has 5 nitrogen and oxygen atoms in total. The summed E-state index contributed by atoms with van der Waals surface area (Å²) in [5.41, 5.74) is 3.70. The maximum atomic E-state index is 12.4. The van der Waals surface area contributed by atoms with Crippen molar-refractivity contribution in [3.8, 4) is 0 Å². The van der Waals surface area contributed by atoms with Gasteiger partial charge in [-0.05, 0) is 50.1 Å². The molecule has 0 aliphatic carbocycles. The first kappa shape index (κ1) is 16.1. The van der Waals surface area contributed by atoms with E-state index in [0.29, 0.717) is 12.3 Å². The molecule has 0 spiro atoms. The predicted molar refractivity (Wildman–Crippen MR) is 93.0 cm³/mol. The van der Waals surface area contributed by atoms with Gasteiger partial charge in [0.1, 0.15) is 12.3 Å². The molecule has 0 aliphatic rings. The van der Waals surface area contributed by atoms with Gasteiger partial charge < -0.3 is 9.73 Å². The molecular weight excluding hydrogens is 304 g/mol. The quantitative estimate of drug-likeness (QED) is 0.802. The molecule has 124 valence electrons. The van der Waals surface area contributed by atoms with Crippen LogP contribution in [-0.4, -0.2) is 10.5 Å². The lowest BCUT2D eigenvalue weighted by atomic mass is 10.0. The summed E-state index contributed by atoms with van der Waals surface area (Å²) in [6.07, 6.45) is 1.56. The van der Waals surface area contributed by atoms with Crippen molar-refractivity contribution in [1.82, 2.24) is 9.88 Å². The molecule has 0 bridgehead atoms. The maximum absolute atomic E-state index is 12.4. The highest BCUT2D eigenvalue weighted by molar-refractivity contribution is 5.87. The number of fused-ring (bicyclic) bond motifs is 1. The van der Waals surface area contributed by atoms with Gasteiger partial charge in [0.2, 0.25) is 5.91 Å². The minimum absolute atomic E-state index is 0.0137. The molecule has 0 aliphatic heterocycles. The van der Waals surface area contributed by atoms with Crippen molar-refractivity contribution >= 4 is 16.8 Å². The van der Waals surface area contributed by atoms with E-state index < -0.39 is 0 Å². The minimum atomic E-state index is -0.223. The summed E-state index contributed by atoms with van der Waals surface area (Å²) >= 11 is 0. The molecule has 1 aromatic carbocycles. The predicted octanol–water partition coefficient (Wildman–Crippen LogP) is 2.84. The first-order valence-electron chi connectivity index (χ1n) is 7.86. The molecule has 0 saturated carbocycles. The standard InChI is InChI=1S/C19H20N2O3/c1-12-7-14(3)19-16(8-12)13(2)9-18(23)21(19)11-17(22)20-10-15-5-4-6-24-15/h4-9H,10-11H2,1-3H3,(H,20,22). The highest BCUT2D eigenvalue weighted by Gasteiger charge is 2.13. The Hall–Kier alpha value is -2.82. The maximum Gasteiger partial charge on any atom is 0.251 e. The molecule has 1 amide bonds. The van der Waals surface area contributed by atoms with Crippen molar-refractivity contribution in [2.75, 3.05) is 0 Å². The normalized spacial score (nSPS) is 11.0. The summed E-state index contributed by atoms with van der Waals surface area (Å²) in [5.74, 6) is 0.454. The van der Waals surface area contributed by atoms with Gasteiger partial charge in [-0.3, -0.25) is 14.2 Å². The number of nitrogens with zero attached hydrogens (tertiary/aromatic N) is 1. The van der Waals surface area contributed by atoms with Gasteiger partial charge in [0.15, 0.2) is 0 Å². The second-order valence-electron chi connectivity index (χ2n) is 6.09. The number of hydrogen-bond donors (Lipinski definition) is 1. The molecule has 0 saturated heterocycles. The van der Waals surface area contributed by atoms with E-state index in [9.17, 15) is 9.59 Å². The van der Waals surface area contributed by atoms with Crippen molar-refractivity contribution < 1.29 is 9.21 Å². The van der Waals surface area contributed by atoms with Gasteiger partial charge in [0, 0.05) is 11.5 Å². The molecule has 0 atom stereocenters. The van der Waals surface area contributed by atoms with Crippen molar-refractivity contribution in [2.24, 2.45) is 0 Å². The van der Waals surface area contributed by atoms with Crippen LogP contribution in [0.15, 0.2) is 45.8 Å². The fourth-order valence-electron chi connectivity index (χ4n) is 3.03. The smallest absolute Gasteiger partial charge is 0.251 e. The minimum Gasteiger partial charge on any atom is -0.467 e. The highest BCUT2D eigenvalue weighted by atomic mass is 16.3. The van der Waals surface area contributed by atoms with Crippen LogP contribution in [0.1, 0.15) is 22.5 Å². The molecule has 0 radical (unpaired) electrons. The molecule has 0 unspecified atom stereocenters. The first-order valence-corrected chi connectivity index (χ1v) is 7.86. The van der Waals surface area contributed by atoms with Gasteiger partial charge >= 0.3 is 0 Å². The van der Waals surface area contributed by atoms with E-state index in [0.717, 1.165) is 27.6 Å². The van der Waals surface area contributed by atoms with E-state index in [2.05, 4.69) is 5.32 Å². The van der Waals surface area contributed by atoms with E-state index >= 15 is 0 Å². The van der Waals surface area contributed by atoms with Crippen LogP contribution in [0.3, 0.4) is 0 Å². The van der Waals surface area contributed by atoms with Crippen LogP contribution in [0.4, 0.5) is 0 Å². The number of pyridine rings is 1. The molecule has 2 heterocycles. The Morgan fingerprint density at radius 2 is 1.96 bits per heavy atom. The van der Waals surface area contributed by atoms with Crippen LogP contribution >= 0.6 is 0 Å². The van der Waals surface area contributed by atoms with Crippen molar-refractivity contribution in [3.63, 3.8) is 0 Å². The second-order valence-corrected chi connectivity index (χ2v) is 6.09. The summed E-state index contributed by atoms with van der Waals surface area (Å²) in [7, 11) is 0. The van der Waals surface area contributed by atoms with Crippen LogP contribution in [0.2, 0.25) is 0 Å². The summed E-state index contributed by atoms with van der Waals surface area (Å²) in [5, 5.41) is 3.78. The van der Waals surface area contributed by atoms with Crippen LogP contribution in [-0.2, 0) is 17.9 Å². The van der Waals surface area contributed by atoms with Crippen molar-refractivity contribution in [2.45, 2.75) is 33.9 Å². The van der Waals surface area contributed by atoms with Gasteiger partial charge in [0.25, 0.3) is 5.56 Å². The number of aryl methyl sites for hydroxylation is 3. The Balaban J connectivity index is 1.94. The molecular formula is C19H20N2O3. The lowest BCUT2D eigenvalue weighted by molar-refractivity contribution is -0.121. The number of aromatic nitrogens is 1. The number of carbonyl (C=O) groups is 1. The lowest BCUT2D eigenvalue weighted by Crippen LogP contribution is -2.32. The number of benzene rings is 1. The van der Waals surface area contributed by atoms with E-state index in [4.69, 9.17) is 4.42 Å². The summed E-state index contributed by atoms with van der Waals surface area (Å²) in [6, 6.07) is 9.22. The molecule has 3 aromatic rings. The third kappa shape index (κ3) is 3.11. The van der Waals surface area contributed by atoms with Crippen LogP contribution < -0.4 is 10.9 Å². The molecule has 3 rings (SSSR count). The number of carbonyl (C=O) groups excluding carboxylic acids is 1. The number of hydrogen-bond acceptors (Lipinski definition) is 3. The lowest BCUT2D eigenvalue weighted by Gasteiger charge is -2.15. The summed E-state index contributed by atoms with van der Waals surface area (Å²) in [4.78, 5) is 24.7. The van der Waals surface area contributed by atoms with E-state index in [-0.39, 0.29) is 18.0 Å². The van der Waals surface area contributed by atoms with Gasteiger partial charge in [-0.2, -0.15) is 0 Å². The van der Waals surface area contributed by atoms with Gasteiger partial charge in [-0.1, -0.05) is 11.6 Å². The average Bonchev–Trinajstić information content (AvgIpc) is 3.02. The number of nitrogens with one attached hydrogen (secondary N) is 1.